The summed E-state index contributed by atoms with van der Waals surface area (Å²) in [6.45, 7) is 2.34. The van der Waals surface area contributed by atoms with Crippen molar-refractivity contribution in [1.29, 1.82) is 0 Å². The molecule has 1 heterocycles. The minimum Gasteiger partial charge on any atom is -0.321 e. The van der Waals surface area contributed by atoms with Crippen molar-refractivity contribution < 1.29 is 9.36 Å². The molecule has 3 nitrogen and oxygen atoms in total. The molecule has 0 atom stereocenters. The number of nitrogens with zero attached hydrogens (tertiary/aromatic N) is 1. The van der Waals surface area contributed by atoms with E-state index in [4.69, 9.17) is 0 Å². The van der Waals surface area contributed by atoms with Crippen molar-refractivity contribution in [3.8, 4) is 0 Å². The van der Waals surface area contributed by atoms with E-state index in [-0.39, 0.29) is 5.91 Å². The van der Waals surface area contributed by atoms with Gasteiger partial charge in [-0.3, -0.25) is 4.79 Å². The van der Waals surface area contributed by atoms with E-state index in [0.717, 1.165) is 11.3 Å². The van der Waals surface area contributed by atoms with Crippen LogP contribution in [-0.4, -0.2) is 5.91 Å². The van der Waals surface area contributed by atoms with Crippen LogP contribution in [0, 0.1) is 6.92 Å². The summed E-state index contributed by atoms with van der Waals surface area (Å²) in [4.78, 5) is 11.8. The van der Waals surface area contributed by atoms with Crippen LogP contribution in [0.25, 0.3) is 0 Å². The third kappa shape index (κ3) is 3.41. The van der Waals surface area contributed by atoms with E-state index in [1.54, 1.807) is 0 Å². The van der Waals surface area contributed by atoms with Gasteiger partial charge in [0.25, 0.3) is 5.91 Å². The summed E-state index contributed by atoms with van der Waals surface area (Å²) >= 11 is 0. The Kier molecular flexibility index (Phi) is 3.50. The lowest BCUT2D eigenvalue weighted by Gasteiger charge is -2.02. The normalized spacial score (nSPS) is 9.94. The molecule has 3 heteroatoms. The van der Waals surface area contributed by atoms with Gasteiger partial charge in [0.05, 0.1) is 0 Å². The molecule has 2 aromatic rings. The number of rotatable bonds is 3. The standard InChI is InChI=1S/C14H14N2O/c1-12-6-5-9-16(10-12)11-14(17)15-13-7-3-2-4-8-13/h2-10H,11H2,1H3/p+1. The van der Waals surface area contributed by atoms with E-state index < -0.39 is 0 Å². The molecule has 0 bridgehead atoms. The second-order valence-electron chi connectivity index (χ2n) is 3.97. The Bertz CT molecular complexity index is 509. The van der Waals surface area contributed by atoms with Crippen LogP contribution in [0.4, 0.5) is 5.69 Å². The first kappa shape index (κ1) is 11.3. The Balaban J connectivity index is 1.98. The highest BCUT2D eigenvalue weighted by molar-refractivity contribution is 5.89. The minimum absolute atomic E-state index is 0.0215. The van der Waals surface area contributed by atoms with Gasteiger partial charge in [-0.05, 0) is 25.1 Å². The number of benzene rings is 1. The van der Waals surface area contributed by atoms with Crippen LogP contribution < -0.4 is 9.88 Å². The number of hydrogen-bond donors (Lipinski definition) is 1. The summed E-state index contributed by atoms with van der Waals surface area (Å²) < 4.78 is 1.87. The van der Waals surface area contributed by atoms with Crippen molar-refractivity contribution in [2.75, 3.05) is 5.32 Å². The number of nitrogens with one attached hydrogen (secondary N) is 1. The lowest BCUT2D eigenvalue weighted by Crippen LogP contribution is -2.39. The Hall–Kier alpha value is -2.16. The quantitative estimate of drug-likeness (QED) is 0.798. The van der Waals surface area contributed by atoms with E-state index in [9.17, 15) is 4.79 Å². The van der Waals surface area contributed by atoms with Crippen molar-refractivity contribution >= 4 is 11.6 Å². The van der Waals surface area contributed by atoms with Gasteiger partial charge < -0.3 is 5.32 Å². The maximum atomic E-state index is 11.8. The summed E-state index contributed by atoms with van der Waals surface area (Å²) in [7, 11) is 0. The highest BCUT2D eigenvalue weighted by Crippen LogP contribution is 2.04. The van der Waals surface area contributed by atoms with E-state index in [1.165, 1.54) is 0 Å². The van der Waals surface area contributed by atoms with Gasteiger partial charge in [0.1, 0.15) is 0 Å². The third-order valence-corrected chi connectivity index (χ3v) is 2.39. The number of para-hydroxylation sites is 1. The smallest absolute Gasteiger partial charge is 0.290 e. The Morgan fingerprint density at radius 1 is 1.18 bits per heavy atom. The van der Waals surface area contributed by atoms with E-state index in [2.05, 4.69) is 5.32 Å². The molecule has 1 N–H and O–H groups in total. The number of pyridine rings is 1. The Morgan fingerprint density at radius 2 is 1.94 bits per heavy atom. The van der Waals surface area contributed by atoms with Crippen molar-refractivity contribution in [2.24, 2.45) is 0 Å². The number of aromatic nitrogens is 1. The van der Waals surface area contributed by atoms with Crippen LogP contribution in [0.3, 0.4) is 0 Å². The van der Waals surface area contributed by atoms with Gasteiger partial charge in [-0.15, -0.1) is 0 Å². The van der Waals surface area contributed by atoms with Crippen LogP contribution in [0.5, 0.6) is 0 Å². The largest absolute Gasteiger partial charge is 0.321 e. The average molecular weight is 227 g/mol. The van der Waals surface area contributed by atoms with E-state index >= 15 is 0 Å². The number of aryl methyl sites for hydroxylation is 1. The fourth-order valence-corrected chi connectivity index (χ4v) is 1.64. The van der Waals surface area contributed by atoms with Gasteiger partial charge in [0.15, 0.2) is 12.4 Å². The maximum absolute atomic E-state index is 11.8. The minimum atomic E-state index is -0.0215. The number of anilines is 1. The zero-order valence-electron chi connectivity index (χ0n) is 9.76. The number of carbonyl (C=O) groups is 1. The SMILES string of the molecule is Cc1ccc[n+](CC(=O)Nc2ccccc2)c1. The summed E-state index contributed by atoms with van der Waals surface area (Å²) in [5.41, 5.74) is 1.96. The predicted molar refractivity (Wildman–Crippen MR) is 66.4 cm³/mol. The van der Waals surface area contributed by atoms with Gasteiger partial charge in [0.2, 0.25) is 6.54 Å². The maximum Gasteiger partial charge on any atom is 0.290 e. The Morgan fingerprint density at radius 3 is 2.65 bits per heavy atom. The summed E-state index contributed by atoms with van der Waals surface area (Å²) in [5, 5.41) is 2.85. The first-order valence-corrected chi connectivity index (χ1v) is 5.55. The molecule has 0 unspecified atom stereocenters. The summed E-state index contributed by atoms with van der Waals surface area (Å²) in [6.07, 6.45) is 3.84. The average Bonchev–Trinajstić information content (AvgIpc) is 2.30. The highest BCUT2D eigenvalue weighted by Gasteiger charge is 2.08. The molecule has 1 aromatic carbocycles. The topological polar surface area (TPSA) is 33.0 Å². The number of carbonyl (C=O) groups excluding carboxylic acids is 1. The molecular weight excluding hydrogens is 212 g/mol. The van der Waals surface area contributed by atoms with Crippen molar-refractivity contribution in [3.63, 3.8) is 0 Å². The van der Waals surface area contributed by atoms with Gasteiger partial charge in [-0.1, -0.05) is 18.2 Å². The fraction of sp³-hybridized carbons (Fsp3) is 0.143. The summed E-state index contributed by atoms with van der Waals surface area (Å²) in [5.74, 6) is -0.0215. The molecule has 0 aliphatic carbocycles. The molecule has 0 aliphatic heterocycles. The predicted octanol–water partition coefficient (Wildman–Crippen LogP) is 1.92. The highest BCUT2D eigenvalue weighted by atomic mass is 16.1. The van der Waals surface area contributed by atoms with Gasteiger partial charge in [-0.2, -0.15) is 4.57 Å². The molecule has 1 amide bonds. The first-order chi connectivity index (χ1) is 8.24. The fourth-order valence-electron chi connectivity index (χ4n) is 1.64. The molecular formula is C14H15N2O+. The van der Waals surface area contributed by atoms with Gasteiger partial charge >= 0.3 is 0 Å². The monoisotopic (exact) mass is 227 g/mol. The van der Waals surface area contributed by atoms with Crippen LogP contribution in [0.15, 0.2) is 54.9 Å². The molecule has 1 aromatic heterocycles. The van der Waals surface area contributed by atoms with Crippen LogP contribution in [0.1, 0.15) is 5.56 Å². The van der Waals surface area contributed by atoms with Gasteiger partial charge in [-0.25, -0.2) is 0 Å². The summed E-state index contributed by atoms with van der Waals surface area (Å²) in [6, 6.07) is 13.4. The molecule has 0 spiro atoms. The molecule has 0 saturated carbocycles. The second kappa shape index (κ2) is 5.25. The van der Waals surface area contributed by atoms with Crippen LogP contribution in [0.2, 0.25) is 0 Å². The van der Waals surface area contributed by atoms with Crippen molar-refractivity contribution in [3.05, 3.63) is 60.4 Å². The van der Waals surface area contributed by atoms with Gasteiger partial charge in [0, 0.05) is 17.3 Å². The first-order valence-electron chi connectivity index (χ1n) is 5.55. The molecule has 0 aliphatic rings. The van der Waals surface area contributed by atoms with Crippen LogP contribution in [-0.2, 0) is 11.3 Å². The number of hydrogen-bond acceptors (Lipinski definition) is 1. The molecule has 0 radical (unpaired) electrons. The molecule has 86 valence electrons. The number of amides is 1. The second-order valence-corrected chi connectivity index (χ2v) is 3.97. The van der Waals surface area contributed by atoms with Crippen LogP contribution >= 0.6 is 0 Å². The molecule has 0 fully saturated rings. The lowest BCUT2D eigenvalue weighted by atomic mass is 10.3. The zero-order valence-corrected chi connectivity index (χ0v) is 9.76. The molecule has 17 heavy (non-hydrogen) atoms. The van der Waals surface area contributed by atoms with Crippen molar-refractivity contribution in [2.45, 2.75) is 13.5 Å². The zero-order chi connectivity index (χ0) is 12.1. The molecule has 0 saturated heterocycles. The molecule has 2 rings (SSSR count). The van der Waals surface area contributed by atoms with Crippen molar-refractivity contribution in [1.82, 2.24) is 0 Å². The van der Waals surface area contributed by atoms with E-state index in [1.807, 2.05) is 66.3 Å². The van der Waals surface area contributed by atoms with E-state index in [0.29, 0.717) is 6.54 Å². The lowest BCUT2D eigenvalue weighted by molar-refractivity contribution is -0.684. The third-order valence-electron chi connectivity index (χ3n) is 2.39. The Labute approximate surface area is 101 Å².